The Kier molecular flexibility index (Phi) is 5.99. The Balaban J connectivity index is 1.50. The summed E-state index contributed by atoms with van der Waals surface area (Å²) in [5.74, 6) is 1.59. The van der Waals surface area contributed by atoms with Crippen LogP contribution >= 0.6 is 0 Å². The van der Waals surface area contributed by atoms with Crippen LogP contribution in [0.25, 0.3) is 0 Å². The molecule has 1 amide bonds. The molecule has 0 bridgehead atoms. The second-order valence-corrected chi connectivity index (χ2v) is 8.17. The number of aromatic nitrogens is 1. The van der Waals surface area contributed by atoms with Crippen LogP contribution in [-0.2, 0) is 11.2 Å². The lowest BCUT2D eigenvalue weighted by atomic mass is 9.98. The molecular weight excluding hydrogens is 394 g/mol. The van der Waals surface area contributed by atoms with Crippen molar-refractivity contribution in [1.82, 2.24) is 9.88 Å². The highest BCUT2D eigenvalue weighted by molar-refractivity contribution is 5.77. The molecule has 7 heteroatoms. The van der Waals surface area contributed by atoms with E-state index in [4.69, 9.17) is 9.47 Å². The van der Waals surface area contributed by atoms with Crippen molar-refractivity contribution in [2.24, 2.45) is 0 Å². The van der Waals surface area contributed by atoms with Gasteiger partial charge in [-0.3, -0.25) is 9.59 Å². The van der Waals surface area contributed by atoms with Crippen molar-refractivity contribution < 1.29 is 14.3 Å². The minimum absolute atomic E-state index is 0.0251. The van der Waals surface area contributed by atoms with Crippen molar-refractivity contribution >= 4 is 5.91 Å². The Hall–Kier alpha value is -3.27. The van der Waals surface area contributed by atoms with Crippen LogP contribution in [0.4, 0.5) is 0 Å². The molecular formula is C24H27N3O4. The lowest BCUT2D eigenvalue weighted by molar-refractivity contribution is -0.132. The third-order valence-corrected chi connectivity index (χ3v) is 6.24. The fourth-order valence-corrected chi connectivity index (χ4v) is 4.59. The van der Waals surface area contributed by atoms with E-state index in [1.807, 2.05) is 36.1 Å². The summed E-state index contributed by atoms with van der Waals surface area (Å²) in [6.07, 6.45) is 3.56. The van der Waals surface area contributed by atoms with Gasteiger partial charge < -0.3 is 19.4 Å². The zero-order valence-corrected chi connectivity index (χ0v) is 18.0. The minimum Gasteiger partial charge on any atom is -0.490 e. The zero-order chi connectivity index (χ0) is 22.0. The second-order valence-electron chi connectivity index (χ2n) is 8.17. The van der Waals surface area contributed by atoms with Crippen LogP contribution in [0.15, 0.2) is 23.0 Å². The first kappa shape index (κ1) is 21.0. The van der Waals surface area contributed by atoms with Gasteiger partial charge in [0.05, 0.1) is 19.3 Å². The average molecular weight is 421 g/mol. The van der Waals surface area contributed by atoms with Crippen molar-refractivity contribution in [1.29, 1.82) is 5.26 Å². The highest BCUT2D eigenvalue weighted by Gasteiger charge is 2.30. The lowest BCUT2D eigenvalue weighted by Crippen LogP contribution is -2.31. The van der Waals surface area contributed by atoms with E-state index in [1.165, 1.54) is 0 Å². The summed E-state index contributed by atoms with van der Waals surface area (Å²) in [5.41, 5.74) is 3.07. The molecule has 1 N–H and O–H groups in total. The van der Waals surface area contributed by atoms with Gasteiger partial charge in [0.15, 0.2) is 11.5 Å². The van der Waals surface area contributed by atoms with Gasteiger partial charge >= 0.3 is 0 Å². The van der Waals surface area contributed by atoms with Gasteiger partial charge in [-0.25, -0.2) is 0 Å². The Morgan fingerprint density at radius 2 is 2.00 bits per heavy atom. The van der Waals surface area contributed by atoms with E-state index in [0.29, 0.717) is 31.6 Å². The molecule has 3 heterocycles. The highest BCUT2D eigenvalue weighted by Crippen LogP contribution is 2.38. The SMILES string of the molecule is Cc1[nH]c(=O)c(C#N)c(C)c1CCC(=O)N1CCC[C@H]1c1ccc2c(c1)OCCCO2. The lowest BCUT2D eigenvalue weighted by Gasteiger charge is -2.26. The average Bonchev–Trinajstić information content (AvgIpc) is 3.12. The summed E-state index contributed by atoms with van der Waals surface area (Å²) in [5, 5.41) is 9.26. The first-order valence-electron chi connectivity index (χ1n) is 10.8. The topological polar surface area (TPSA) is 95.4 Å². The van der Waals surface area contributed by atoms with Crippen LogP contribution in [0.2, 0.25) is 0 Å². The molecule has 0 radical (unpaired) electrons. The molecule has 0 aliphatic carbocycles. The van der Waals surface area contributed by atoms with Crippen molar-refractivity contribution in [2.45, 2.75) is 52.0 Å². The molecule has 2 aliphatic heterocycles. The maximum absolute atomic E-state index is 13.1. The van der Waals surface area contributed by atoms with E-state index < -0.39 is 0 Å². The van der Waals surface area contributed by atoms with E-state index in [9.17, 15) is 14.9 Å². The standard InChI is InChI=1S/C24H27N3O4/c1-15-18(16(2)26-24(29)19(15)14-25)7-9-23(28)27-10-3-5-20(27)17-6-8-21-22(13-17)31-12-4-11-30-21/h6,8,13,20H,3-5,7,9-12H2,1-2H3,(H,26,29)/t20-/m0/s1. The number of carbonyl (C=O) groups excluding carboxylic acids is 1. The number of likely N-dealkylation sites (tertiary alicyclic amines) is 1. The second kappa shape index (κ2) is 8.84. The molecule has 1 saturated heterocycles. The zero-order valence-electron chi connectivity index (χ0n) is 18.0. The summed E-state index contributed by atoms with van der Waals surface area (Å²) >= 11 is 0. The Bertz CT molecular complexity index is 1100. The Morgan fingerprint density at radius 3 is 2.77 bits per heavy atom. The number of carbonyl (C=O) groups is 1. The predicted molar refractivity (Wildman–Crippen MR) is 115 cm³/mol. The monoisotopic (exact) mass is 421 g/mol. The fourth-order valence-electron chi connectivity index (χ4n) is 4.59. The molecule has 7 nitrogen and oxygen atoms in total. The quantitative estimate of drug-likeness (QED) is 0.817. The number of nitriles is 1. The maximum Gasteiger partial charge on any atom is 0.266 e. The molecule has 31 heavy (non-hydrogen) atoms. The normalized spacial score (nSPS) is 17.8. The number of pyridine rings is 1. The first-order valence-corrected chi connectivity index (χ1v) is 10.8. The smallest absolute Gasteiger partial charge is 0.266 e. The van der Waals surface area contributed by atoms with Gasteiger partial charge in [-0.1, -0.05) is 6.07 Å². The van der Waals surface area contributed by atoms with Crippen LogP contribution in [0.5, 0.6) is 11.5 Å². The Morgan fingerprint density at radius 1 is 1.23 bits per heavy atom. The molecule has 1 aromatic carbocycles. The molecule has 1 atom stereocenters. The van der Waals surface area contributed by atoms with Crippen molar-refractivity contribution in [2.75, 3.05) is 19.8 Å². The highest BCUT2D eigenvalue weighted by atomic mass is 16.5. The number of rotatable bonds is 4. The molecule has 2 aromatic rings. The molecule has 0 unspecified atom stereocenters. The number of hydrogen-bond donors (Lipinski definition) is 1. The van der Waals surface area contributed by atoms with E-state index in [-0.39, 0.29) is 23.1 Å². The minimum atomic E-state index is -0.374. The van der Waals surface area contributed by atoms with Crippen LogP contribution in [0, 0.1) is 25.2 Å². The molecule has 1 fully saturated rings. The summed E-state index contributed by atoms with van der Waals surface area (Å²) in [7, 11) is 0. The predicted octanol–water partition coefficient (Wildman–Crippen LogP) is 3.32. The van der Waals surface area contributed by atoms with Crippen molar-refractivity contribution in [3.8, 4) is 17.6 Å². The summed E-state index contributed by atoms with van der Waals surface area (Å²) in [4.78, 5) is 29.7. The summed E-state index contributed by atoms with van der Waals surface area (Å²) in [6, 6.07) is 7.97. The van der Waals surface area contributed by atoms with E-state index in [2.05, 4.69) is 4.98 Å². The van der Waals surface area contributed by atoms with Gasteiger partial charge in [-0.05, 0) is 61.9 Å². The number of fused-ring (bicyclic) bond motifs is 1. The number of H-pyrrole nitrogens is 1. The van der Waals surface area contributed by atoms with Gasteiger partial charge in [0.25, 0.3) is 5.56 Å². The third-order valence-electron chi connectivity index (χ3n) is 6.24. The van der Waals surface area contributed by atoms with Crippen molar-refractivity contribution in [3.63, 3.8) is 0 Å². The number of amides is 1. The number of benzene rings is 1. The molecule has 162 valence electrons. The molecule has 0 saturated carbocycles. The van der Waals surface area contributed by atoms with E-state index in [0.717, 1.165) is 54.1 Å². The Labute approximate surface area is 181 Å². The number of ether oxygens (including phenoxy) is 2. The number of hydrogen-bond acceptors (Lipinski definition) is 5. The van der Waals surface area contributed by atoms with Crippen LogP contribution in [0.3, 0.4) is 0 Å². The third kappa shape index (κ3) is 4.15. The van der Waals surface area contributed by atoms with Gasteiger partial charge in [-0.15, -0.1) is 0 Å². The molecule has 0 spiro atoms. The summed E-state index contributed by atoms with van der Waals surface area (Å²) < 4.78 is 11.5. The number of aryl methyl sites for hydroxylation is 1. The van der Waals surface area contributed by atoms with Crippen LogP contribution < -0.4 is 15.0 Å². The molecule has 2 aliphatic rings. The van der Waals surface area contributed by atoms with Crippen LogP contribution in [0.1, 0.15) is 59.7 Å². The number of nitrogens with one attached hydrogen (secondary N) is 1. The van der Waals surface area contributed by atoms with E-state index in [1.54, 1.807) is 6.92 Å². The van der Waals surface area contributed by atoms with E-state index >= 15 is 0 Å². The summed E-state index contributed by atoms with van der Waals surface area (Å²) in [6.45, 7) is 5.59. The molecule has 1 aromatic heterocycles. The van der Waals surface area contributed by atoms with Gasteiger partial charge in [0.2, 0.25) is 5.91 Å². The number of aromatic amines is 1. The van der Waals surface area contributed by atoms with Gasteiger partial charge in [0, 0.05) is 25.1 Å². The van der Waals surface area contributed by atoms with Gasteiger partial charge in [0.1, 0.15) is 11.6 Å². The molecule has 4 rings (SSSR count). The van der Waals surface area contributed by atoms with Crippen LogP contribution in [-0.4, -0.2) is 35.5 Å². The largest absolute Gasteiger partial charge is 0.490 e. The first-order chi connectivity index (χ1) is 15.0. The maximum atomic E-state index is 13.1. The number of nitrogens with zero attached hydrogens (tertiary/aromatic N) is 2. The van der Waals surface area contributed by atoms with Crippen molar-refractivity contribution in [3.05, 3.63) is 56.5 Å². The fraction of sp³-hybridized carbons (Fsp3) is 0.458. The van der Waals surface area contributed by atoms with Gasteiger partial charge in [-0.2, -0.15) is 5.26 Å².